The highest BCUT2D eigenvalue weighted by atomic mass is 32.2. The molecule has 1 aromatic heterocycles. The highest BCUT2D eigenvalue weighted by molar-refractivity contribution is 7.88. The van der Waals surface area contributed by atoms with Crippen molar-refractivity contribution in [2.45, 2.75) is 6.54 Å². The van der Waals surface area contributed by atoms with E-state index in [-0.39, 0.29) is 6.54 Å². The summed E-state index contributed by atoms with van der Waals surface area (Å²) in [6.45, 7) is 3.05. The van der Waals surface area contributed by atoms with Crippen LogP contribution in [0.5, 0.6) is 0 Å². The number of nitrogens with zero attached hydrogens (tertiary/aromatic N) is 3. The van der Waals surface area contributed by atoms with Crippen LogP contribution < -0.4 is 9.62 Å². The van der Waals surface area contributed by atoms with Crippen molar-refractivity contribution in [2.75, 3.05) is 37.5 Å². The van der Waals surface area contributed by atoms with Gasteiger partial charge in [-0.15, -0.1) is 0 Å². The topological polar surface area (TPSA) is 84.4 Å². The number of hydrogen-bond donors (Lipinski definition) is 1. The van der Waals surface area contributed by atoms with E-state index in [0.717, 1.165) is 25.2 Å². The first kappa shape index (κ1) is 13.2. The minimum atomic E-state index is -3.22. The van der Waals surface area contributed by atoms with Gasteiger partial charge >= 0.3 is 0 Å². The number of ether oxygens (including phenoxy) is 1. The third-order valence-corrected chi connectivity index (χ3v) is 3.19. The maximum absolute atomic E-state index is 11.0. The van der Waals surface area contributed by atoms with Gasteiger partial charge in [0.05, 0.1) is 26.0 Å². The molecule has 7 nitrogen and oxygen atoms in total. The van der Waals surface area contributed by atoms with Crippen LogP contribution in [0.25, 0.3) is 0 Å². The van der Waals surface area contributed by atoms with Crippen LogP contribution in [0.15, 0.2) is 12.3 Å². The molecule has 0 saturated carbocycles. The Hall–Kier alpha value is -1.25. The number of nitrogens with one attached hydrogen (secondary N) is 1. The Kier molecular flexibility index (Phi) is 4.10. The average molecular weight is 272 g/mol. The van der Waals surface area contributed by atoms with Gasteiger partial charge in [0.25, 0.3) is 0 Å². The molecule has 18 heavy (non-hydrogen) atoms. The summed E-state index contributed by atoms with van der Waals surface area (Å²) in [5.74, 6) is 1.27. The molecule has 1 saturated heterocycles. The molecule has 2 rings (SSSR count). The molecule has 2 heterocycles. The van der Waals surface area contributed by atoms with Gasteiger partial charge in [0.2, 0.25) is 10.0 Å². The molecular formula is C10H16N4O3S. The van der Waals surface area contributed by atoms with Crippen LogP contribution in [0.2, 0.25) is 0 Å². The maximum Gasteiger partial charge on any atom is 0.209 e. The van der Waals surface area contributed by atoms with Crippen molar-refractivity contribution < 1.29 is 13.2 Å². The first-order valence-corrected chi connectivity index (χ1v) is 7.53. The Morgan fingerprint density at radius 1 is 1.44 bits per heavy atom. The van der Waals surface area contributed by atoms with Crippen LogP contribution in [0, 0.1) is 0 Å². The second-order valence-electron chi connectivity index (χ2n) is 4.02. The fraction of sp³-hybridized carbons (Fsp3) is 0.600. The van der Waals surface area contributed by atoms with Crippen molar-refractivity contribution in [2.24, 2.45) is 0 Å². The van der Waals surface area contributed by atoms with Gasteiger partial charge in [-0.05, 0) is 6.07 Å². The summed E-state index contributed by atoms with van der Waals surface area (Å²) in [7, 11) is -3.22. The van der Waals surface area contributed by atoms with Crippen LogP contribution in [0.4, 0.5) is 5.82 Å². The normalized spacial score (nSPS) is 16.8. The van der Waals surface area contributed by atoms with E-state index >= 15 is 0 Å². The van der Waals surface area contributed by atoms with Crippen molar-refractivity contribution in [3.05, 3.63) is 18.1 Å². The number of hydrogen-bond acceptors (Lipinski definition) is 6. The molecule has 100 valence electrons. The van der Waals surface area contributed by atoms with Crippen LogP contribution in [-0.4, -0.2) is 50.9 Å². The van der Waals surface area contributed by atoms with E-state index in [0.29, 0.717) is 19.0 Å². The molecular weight excluding hydrogens is 256 g/mol. The third kappa shape index (κ3) is 3.90. The zero-order chi connectivity index (χ0) is 13.0. The monoisotopic (exact) mass is 272 g/mol. The van der Waals surface area contributed by atoms with Crippen molar-refractivity contribution in [1.82, 2.24) is 14.7 Å². The number of sulfonamides is 1. The van der Waals surface area contributed by atoms with E-state index in [1.165, 1.54) is 0 Å². The number of morpholine rings is 1. The lowest BCUT2D eigenvalue weighted by atomic mass is 10.4. The highest BCUT2D eigenvalue weighted by Gasteiger charge is 2.13. The van der Waals surface area contributed by atoms with Gasteiger partial charge in [0, 0.05) is 19.3 Å². The van der Waals surface area contributed by atoms with Crippen molar-refractivity contribution in [1.29, 1.82) is 0 Å². The minimum Gasteiger partial charge on any atom is -0.378 e. The third-order valence-electron chi connectivity index (χ3n) is 2.52. The molecule has 1 aliphatic rings. The lowest BCUT2D eigenvalue weighted by Crippen LogP contribution is -2.37. The molecule has 0 aromatic carbocycles. The van der Waals surface area contributed by atoms with E-state index in [1.54, 1.807) is 6.20 Å². The first-order chi connectivity index (χ1) is 8.54. The number of anilines is 1. The molecule has 1 aliphatic heterocycles. The fourth-order valence-corrected chi connectivity index (χ4v) is 2.03. The summed E-state index contributed by atoms with van der Waals surface area (Å²) in [6, 6.07) is 1.81. The van der Waals surface area contributed by atoms with E-state index < -0.39 is 10.0 Å². The first-order valence-electron chi connectivity index (χ1n) is 5.64. The molecule has 1 fully saturated rings. The Bertz CT molecular complexity index is 500. The van der Waals surface area contributed by atoms with Crippen molar-refractivity contribution in [3.63, 3.8) is 0 Å². The summed E-state index contributed by atoms with van der Waals surface area (Å²) in [4.78, 5) is 10.5. The Morgan fingerprint density at radius 2 is 2.17 bits per heavy atom. The summed E-state index contributed by atoms with van der Waals surface area (Å²) in [5.41, 5.74) is 0. The number of rotatable bonds is 4. The smallest absolute Gasteiger partial charge is 0.209 e. The molecule has 1 N–H and O–H groups in total. The van der Waals surface area contributed by atoms with Gasteiger partial charge in [-0.25, -0.2) is 23.1 Å². The van der Waals surface area contributed by atoms with Gasteiger partial charge in [-0.3, -0.25) is 0 Å². The Morgan fingerprint density at radius 3 is 2.83 bits per heavy atom. The van der Waals surface area contributed by atoms with Gasteiger partial charge in [-0.1, -0.05) is 0 Å². The molecule has 0 atom stereocenters. The zero-order valence-corrected chi connectivity index (χ0v) is 11.0. The van der Waals surface area contributed by atoms with Crippen LogP contribution in [0.1, 0.15) is 5.82 Å². The second-order valence-corrected chi connectivity index (χ2v) is 5.86. The predicted octanol–water partition coefficient (Wildman–Crippen LogP) is -0.638. The Balaban J connectivity index is 2.04. The summed E-state index contributed by atoms with van der Waals surface area (Å²) in [6.07, 6.45) is 2.75. The maximum atomic E-state index is 11.0. The van der Waals surface area contributed by atoms with Gasteiger partial charge < -0.3 is 9.64 Å². The summed E-state index contributed by atoms with van der Waals surface area (Å²) >= 11 is 0. The lowest BCUT2D eigenvalue weighted by molar-refractivity contribution is 0.122. The predicted molar refractivity (Wildman–Crippen MR) is 66.7 cm³/mol. The molecule has 0 bridgehead atoms. The number of aromatic nitrogens is 2. The van der Waals surface area contributed by atoms with Crippen LogP contribution in [-0.2, 0) is 21.3 Å². The molecule has 0 spiro atoms. The average Bonchev–Trinajstić information content (AvgIpc) is 2.37. The van der Waals surface area contributed by atoms with E-state index in [1.807, 2.05) is 6.07 Å². The summed E-state index contributed by atoms with van der Waals surface area (Å²) < 4.78 is 29.6. The zero-order valence-electron chi connectivity index (χ0n) is 10.2. The van der Waals surface area contributed by atoms with Crippen molar-refractivity contribution >= 4 is 15.8 Å². The molecule has 0 amide bonds. The minimum absolute atomic E-state index is 0.108. The molecule has 0 radical (unpaired) electrons. The molecule has 0 unspecified atom stereocenters. The molecule has 1 aromatic rings. The molecule has 0 aliphatic carbocycles. The van der Waals surface area contributed by atoms with Crippen molar-refractivity contribution in [3.8, 4) is 0 Å². The summed E-state index contributed by atoms with van der Waals surface area (Å²) in [5, 5.41) is 0. The largest absolute Gasteiger partial charge is 0.378 e. The highest BCUT2D eigenvalue weighted by Crippen LogP contribution is 2.11. The standard InChI is InChI=1S/C10H16N4O3S/c1-18(15,16)12-8-9-11-3-2-10(13-9)14-4-6-17-7-5-14/h2-3,12H,4-8H2,1H3. The molecule has 8 heteroatoms. The van der Waals surface area contributed by atoms with E-state index in [2.05, 4.69) is 19.6 Å². The fourth-order valence-electron chi connectivity index (χ4n) is 1.64. The van der Waals surface area contributed by atoms with E-state index in [9.17, 15) is 8.42 Å². The Labute approximate surface area is 106 Å². The second kappa shape index (κ2) is 5.59. The van der Waals surface area contributed by atoms with Crippen LogP contribution in [0.3, 0.4) is 0 Å². The van der Waals surface area contributed by atoms with E-state index in [4.69, 9.17) is 4.74 Å². The van der Waals surface area contributed by atoms with Gasteiger partial charge in [-0.2, -0.15) is 0 Å². The van der Waals surface area contributed by atoms with Crippen LogP contribution >= 0.6 is 0 Å². The quantitative estimate of drug-likeness (QED) is 0.785. The van der Waals surface area contributed by atoms with Gasteiger partial charge in [0.1, 0.15) is 11.6 Å². The SMILES string of the molecule is CS(=O)(=O)NCc1nccc(N2CCOCC2)n1. The lowest BCUT2D eigenvalue weighted by Gasteiger charge is -2.27. The van der Waals surface area contributed by atoms with Gasteiger partial charge in [0.15, 0.2) is 0 Å².